The summed E-state index contributed by atoms with van der Waals surface area (Å²) in [6, 6.07) is 13.9. The quantitative estimate of drug-likeness (QED) is 0.549. The molecule has 0 aliphatic rings. The van der Waals surface area contributed by atoms with Crippen LogP contribution in [0.15, 0.2) is 54.9 Å². The number of ether oxygens (including phenoxy) is 1. The fourth-order valence-electron chi connectivity index (χ4n) is 2.34. The second-order valence-electron chi connectivity index (χ2n) is 4.95. The number of benzene rings is 1. The number of nitriles is 1. The molecule has 23 heavy (non-hydrogen) atoms. The summed E-state index contributed by atoms with van der Waals surface area (Å²) in [6.07, 6.45) is 4.32. The van der Waals surface area contributed by atoms with E-state index in [2.05, 4.69) is 6.07 Å². The van der Waals surface area contributed by atoms with Crippen molar-refractivity contribution < 1.29 is 14.3 Å². The fourth-order valence-corrected chi connectivity index (χ4v) is 2.34. The summed E-state index contributed by atoms with van der Waals surface area (Å²) in [7, 11) is 0. The van der Waals surface area contributed by atoms with E-state index in [4.69, 9.17) is 4.74 Å². The van der Waals surface area contributed by atoms with Crippen LogP contribution < -0.4 is 0 Å². The predicted molar refractivity (Wildman–Crippen MR) is 83.1 cm³/mol. The maximum Gasteiger partial charge on any atom is 0.338 e. The first-order valence-electron chi connectivity index (χ1n) is 6.94. The van der Waals surface area contributed by atoms with E-state index in [0.29, 0.717) is 28.5 Å². The first-order valence-corrected chi connectivity index (χ1v) is 6.94. The lowest BCUT2D eigenvalue weighted by Crippen LogP contribution is -2.05. The van der Waals surface area contributed by atoms with Gasteiger partial charge in [0.15, 0.2) is 0 Å². The first kappa shape index (κ1) is 14.5. The molecule has 0 N–H and O–H groups in total. The molecular weight excluding hydrogens is 292 g/mol. The summed E-state index contributed by atoms with van der Waals surface area (Å²) < 4.78 is 7.09. The Balaban J connectivity index is 1.78. The number of fused-ring (bicyclic) bond motifs is 1. The van der Waals surface area contributed by atoms with Crippen LogP contribution in [-0.2, 0) is 11.3 Å². The molecule has 3 aromatic rings. The third kappa shape index (κ3) is 2.83. The molecule has 1 aromatic carbocycles. The SMILES string of the molecule is N#Cc1c(COC(=O)c2ccc(C=O)cc2)cn2ccccc12. The Morgan fingerprint density at radius 3 is 2.70 bits per heavy atom. The van der Waals surface area contributed by atoms with E-state index in [1.807, 2.05) is 28.8 Å². The lowest BCUT2D eigenvalue weighted by atomic mass is 10.1. The summed E-state index contributed by atoms with van der Waals surface area (Å²) in [5.74, 6) is -0.499. The minimum absolute atomic E-state index is 0.0127. The van der Waals surface area contributed by atoms with Crippen LogP contribution in [0.4, 0.5) is 0 Å². The van der Waals surface area contributed by atoms with Gasteiger partial charge >= 0.3 is 5.97 Å². The van der Waals surface area contributed by atoms with Gasteiger partial charge in [-0.1, -0.05) is 18.2 Å². The van der Waals surface area contributed by atoms with Crippen LogP contribution >= 0.6 is 0 Å². The number of pyridine rings is 1. The normalized spacial score (nSPS) is 10.2. The molecule has 0 aliphatic carbocycles. The standard InChI is InChI=1S/C18H12N2O3/c19-9-16-15(10-20-8-2-1-3-17(16)20)12-23-18(22)14-6-4-13(11-21)5-7-14/h1-8,10-11H,12H2. The molecule has 2 aromatic heterocycles. The highest BCUT2D eigenvalue weighted by Gasteiger charge is 2.13. The Morgan fingerprint density at radius 2 is 2.00 bits per heavy atom. The second-order valence-corrected chi connectivity index (χ2v) is 4.95. The zero-order valence-electron chi connectivity index (χ0n) is 12.1. The number of aromatic nitrogens is 1. The van der Waals surface area contributed by atoms with Crippen molar-refractivity contribution in [3.05, 3.63) is 77.1 Å². The van der Waals surface area contributed by atoms with Crippen LogP contribution in [-0.4, -0.2) is 16.7 Å². The van der Waals surface area contributed by atoms with Gasteiger partial charge in [-0.15, -0.1) is 0 Å². The molecule has 0 saturated heterocycles. The number of nitrogens with zero attached hydrogens (tertiary/aromatic N) is 2. The summed E-state index contributed by atoms with van der Waals surface area (Å²) in [6.45, 7) is 0.0127. The van der Waals surface area contributed by atoms with Gasteiger partial charge in [0, 0.05) is 23.5 Å². The molecule has 0 atom stereocenters. The van der Waals surface area contributed by atoms with E-state index < -0.39 is 5.97 Å². The average molecular weight is 304 g/mol. The fraction of sp³-hybridized carbons (Fsp3) is 0.0556. The van der Waals surface area contributed by atoms with Crippen LogP contribution in [0.3, 0.4) is 0 Å². The lowest BCUT2D eigenvalue weighted by molar-refractivity contribution is 0.0472. The first-order chi connectivity index (χ1) is 11.2. The third-order valence-corrected chi connectivity index (χ3v) is 3.52. The van der Waals surface area contributed by atoms with Crippen LogP contribution in [0.1, 0.15) is 31.8 Å². The highest BCUT2D eigenvalue weighted by atomic mass is 16.5. The molecule has 2 heterocycles. The van der Waals surface area contributed by atoms with Crippen LogP contribution in [0.2, 0.25) is 0 Å². The topological polar surface area (TPSA) is 71.6 Å². The van der Waals surface area contributed by atoms with Crippen molar-refractivity contribution in [2.45, 2.75) is 6.61 Å². The maximum absolute atomic E-state index is 12.0. The van der Waals surface area contributed by atoms with Crippen molar-refractivity contribution in [2.24, 2.45) is 0 Å². The van der Waals surface area contributed by atoms with Gasteiger partial charge in [0.05, 0.1) is 16.6 Å². The molecule has 3 rings (SSSR count). The minimum atomic E-state index is -0.499. The van der Waals surface area contributed by atoms with Crippen molar-refractivity contribution >= 4 is 17.8 Å². The molecule has 0 radical (unpaired) electrons. The second kappa shape index (κ2) is 6.16. The molecule has 0 fully saturated rings. The van der Waals surface area contributed by atoms with Gasteiger partial charge in [0.1, 0.15) is 19.0 Å². The molecule has 0 aliphatic heterocycles. The van der Waals surface area contributed by atoms with Crippen molar-refractivity contribution in [2.75, 3.05) is 0 Å². The predicted octanol–water partition coefficient (Wildman–Crippen LogP) is 2.98. The van der Waals surface area contributed by atoms with E-state index in [0.717, 1.165) is 5.52 Å². The molecule has 0 saturated carbocycles. The number of hydrogen-bond acceptors (Lipinski definition) is 4. The summed E-state index contributed by atoms with van der Waals surface area (Å²) in [5.41, 5.74) is 2.77. The van der Waals surface area contributed by atoms with Crippen LogP contribution in [0.25, 0.3) is 5.52 Å². The van der Waals surface area contributed by atoms with Gasteiger partial charge in [-0.3, -0.25) is 4.79 Å². The van der Waals surface area contributed by atoms with E-state index in [1.165, 1.54) is 12.1 Å². The highest BCUT2D eigenvalue weighted by molar-refractivity contribution is 5.90. The zero-order valence-corrected chi connectivity index (χ0v) is 12.1. The molecule has 112 valence electrons. The van der Waals surface area contributed by atoms with Crippen molar-refractivity contribution in [3.8, 4) is 6.07 Å². The largest absolute Gasteiger partial charge is 0.457 e. The summed E-state index contributed by atoms with van der Waals surface area (Å²) >= 11 is 0. The Kier molecular flexibility index (Phi) is 3.89. The van der Waals surface area contributed by atoms with E-state index in [1.54, 1.807) is 18.3 Å². The molecule has 5 heteroatoms. The monoisotopic (exact) mass is 304 g/mol. The number of aldehydes is 1. The summed E-state index contributed by atoms with van der Waals surface area (Å²) in [4.78, 5) is 22.6. The van der Waals surface area contributed by atoms with Gasteiger partial charge in [-0.05, 0) is 24.3 Å². The average Bonchev–Trinajstić information content (AvgIpc) is 2.97. The molecule has 0 bridgehead atoms. The molecule has 5 nitrogen and oxygen atoms in total. The maximum atomic E-state index is 12.0. The van der Waals surface area contributed by atoms with Crippen LogP contribution in [0, 0.1) is 11.3 Å². The Hall–Kier alpha value is -3.39. The van der Waals surface area contributed by atoms with Gasteiger partial charge in [0.25, 0.3) is 0 Å². The van der Waals surface area contributed by atoms with E-state index >= 15 is 0 Å². The zero-order chi connectivity index (χ0) is 16.2. The van der Waals surface area contributed by atoms with Crippen LogP contribution in [0.5, 0.6) is 0 Å². The van der Waals surface area contributed by atoms with Gasteiger partial charge in [0.2, 0.25) is 0 Å². The number of rotatable bonds is 4. The number of hydrogen-bond donors (Lipinski definition) is 0. The Bertz CT molecular complexity index is 918. The van der Waals surface area contributed by atoms with E-state index in [-0.39, 0.29) is 6.61 Å². The van der Waals surface area contributed by atoms with Crippen molar-refractivity contribution in [1.82, 2.24) is 4.40 Å². The lowest BCUT2D eigenvalue weighted by Gasteiger charge is -2.04. The van der Waals surface area contributed by atoms with Gasteiger partial charge < -0.3 is 9.14 Å². The summed E-state index contributed by atoms with van der Waals surface area (Å²) in [5, 5.41) is 9.31. The number of esters is 1. The van der Waals surface area contributed by atoms with Crippen molar-refractivity contribution in [1.29, 1.82) is 5.26 Å². The van der Waals surface area contributed by atoms with Crippen molar-refractivity contribution in [3.63, 3.8) is 0 Å². The minimum Gasteiger partial charge on any atom is -0.457 e. The number of carbonyl (C=O) groups is 2. The van der Waals surface area contributed by atoms with Gasteiger partial charge in [-0.25, -0.2) is 4.79 Å². The Labute approximate surface area is 132 Å². The molecule has 0 unspecified atom stereocenters. The Morgan fingerprint density at radius 1 is 1.22 bits per heavy atom. The molecule has 0 amide bonds. The van der Waals surface area contributed by atoms with Gasteiger partial charge in [-0.2, -0.15) is 5.26 Å². The highest BCUT2D eigenvalue weighted by Crippen LogP contribution is 2.19. The molecular formula is C18H12N2O3. The molecule has 0 spiro atoms. The number of carbonyl (C=O) groups excluding carboxylic acids is 2. The third-order valence-electron chi connectivity index (χ3n) is 3.52. The van der Waals surface area contributed by atoms with E-state index in [9.17, 15) is 14.9 Å². The smallest absolute Gasteiger partial charge is 0.338 e.